The van der Waals surface area contributed by atoms with Gasteiger partial charge in [-0.3, -0.25) is 4.79 Å². The maximum absolute atomic E-state index is 11.8. The Morgan fingerprint density at radius 3 is 2.63 bits per heavy atom. The summed E-state index contributed by atoms with van der Waals surface area (Å²) in [4.78, 5) is 11.8. The van der Waals surface area contributed by atoms with Gasteiger partial charge in [0.05, 0.1) is 7.11 Å². The van der Waals surface area contributed by atoms with Crippen LogP contribution in [0.4, 0.5) is 0 Å². The SMILES string of the molecule is COC1=C(O[Si](C)(C)C)CC2CC(=O)CCC/C=C/12. The third kappa shape index (κ3) is 3.50. The van der Waals surface area contributed by atoms with E-state index in [2.05, 4.69) is 25.7 Å². The smallest absolute Gasteiger partial charge is 0.241 e. The number of fused-ring (bicyclic) bond motifs is 1. The number of hydrogen-bond acceptors (Lipinski definition) is 3. The van der Waals surface area contributed by atoms with Gasteiger partial charge in [0.2, 0.25) is 8.32 Å². The molecule has 0 saturated carbocycles. The van der Waals surface area contributed by atoms with E-state index in [1.54, 1.807) is 7.11 Å². The molecule has 2 rings (SSSR count). The number of carbonyl (C=O) groups excluding carboxylic acids is 1. The highest BCUT2D eigenvalue weighted by Crippen LogP contribution is 2.42. The topological polar surface area (TPSA) is 35.5 Å². The standard InChI is InChI=1S/C15H24O3Si/c1-17-15-13-8-6-5-7-12(16)9-11(13)10-14(15)18-19(2,3)4/h8,11H,5-7,9-10H2,1-4H3/b13-8+. The van der Waals surface area contributed by atoms with Crippen LogP contribution >= 0.6 is 0 Å². The van der Waals surface area contributed by atoms with Crippen LogP contribution in [0.25, 0.3) is 0 Å². The second kappa shape index (κ2) is 5.53. The van der Waals surface area contributed by atoms with E-state index < -0.39 is 8.32 Å². The number of allylic oxidation sites excluding steroid dienone is 3. The maximum atomic E-state index is 11.8. The summed E-state index contributed by atoms with van der Waals surface area (Å²) in [7, 11) is 0.0643. The normalized spacial score (nSPS) is 27.3. The average molecular weight is 280 g/mol. The van der Waals surface area contributed by atoms with Gasteiger partial charge in [-0.05, 0) is 38.1 Å². The predicted octanol–water partition coefficient (Wildman–Crippen LogP) is 3.79. The third-order valence-electron chi connectivity index (χ3n) is 3.52. The molecule has 2 aliphatic carbocycles. The molecule has 0 amide bonds. The first-order chi connectivity index (χ1) is 8.90. The van der Waals surface area contributed by atoms with Gasteiger partial charge in [-0.15, -0.1) is 0 Å². The number of Topliss-reactive ketones (excluding diaryl/α,β-unsaturated/α-hetero) is 1. The fourth-order valence-electron chi connectivity index (χ4n) is 2.84. The van der Waals surface area contributed by atoms with Crippen molar-refractivity contribution in [2.45, 2.75) is 51.7 Å². The molecule has 106 valence electrons. The summed E-state index contributed by atoms with van der Waals surface area (Å²) in [5, 5.41) is 0. The van der Waals surface area contributed by atoms with Crippen molar-refractivity contribution in [1.29, 1.82) is 0 Å². The van der Waals surface area contributed by atoms with E-state index in [4.69, 9.17) is 9.16 Å². The van der Waals surface area contributed by atoms with Gasteiger partial charge in [0.15, 0.2) is 5.76 Å². The van der Waals surface area contributed by atoms with Crippen LogP contribution < -0.4 is 0 Å². The van der Waals surface area contributed by atoms with Crippen molar-refractivity contribution >= 4 is 14.1 Å². The molecule has 19 heavy (non-hydrogen) atoms. The van der Waals surface area contributed by atoms with Crippen molar-refractivity contribution in [2.75, 3.05) is 7.11 Å². The highest BCUT2D eigenvalue weighted by atomic mass is 28.4. The zero-order valence-electron chi connectivity index (χ0n) is 12.4. The van der Waals surface area contributed by atoms with Crippen LogP contribution in [-0.2, 0) is 14.0 Å². The van der Waals surface area contributed by atoms with E-state index in [-0.39, 0.29) is 5.92 Å². The van der Waals surface area contributed by atoms with Crippen molar-refractivity contribution < 1.29 is 14.0 Å². The van der Waals surface area contributed by atoms with Gasteiger partial charge in [-0.25, -0.2) is 0 Å². The molecule has 0 aromatic heterocycles. The van der Waals surface area contributed by atoms with E-state index in [0.29, 0.717) is 18.6 Å². The molecular formula is C15H24O3Si. The number of carbonyl (C=O) groups is 1. The quantitative estimate of drug-likeness (QED) is 0.738. The van der Waals surface area contributed by atoms with Gasteiger partial charge >= 0.3 is 0 Å². The fraction of sp³-hybridized carbons (Fsp3) is 0.667. The Morgan fingerprint density at radius 2 is 2.00 bits per heavy atom. The van der Waals surface area contributed by atoms with Crippen LogP contribution in [0.15, 0.2) is 23.2 Å². The van der Waals surface area contributed by atoms with Crippen molar-refractivity contribution in [3.63, 3.8) is 0 Å². The Labute approximate surface area is 116 Å². The molecular weight excluding hydrogens is 256 g/mol. The van der Waals surface area contributed by atoms with Crippen LogP contribution in [0.5, 0.6) is 0 Å². The molecule has 0 radical (unpaired) electrons. The summed E-state index contributed by atoms with van der Waals surface area (Å²) < 4.78 is 11.7. The van der Waals surface area contributed by atoms with E-state index in [0.717, 1.165) is 30.8 Å². The number of ketones is 1. The van der Waals surface area contributed by atoms with Gasteiger partial charge < -0.3 is 9.16 Å². The second-order valence-corrected chi connectivity index (χ2v) is 10.8. The Morgan fingerprint density at radius 1 is 1.26 bits per heavy atom. The first kappa shape index (κ1) is 14.4. The van der Waals surface area contributed by atoms with Crippen molar-refractivity contribution in [1.82, 2.24) is 0 Å². The molecule has 0 heterocycles. The van der Waals surface area contributed by atoms with Crippen LogP contribution in [0.3, 0.4) is 0 Å². The van der Waals surface area contributed by atoms with Gasteiger partial charge in [-0.1, -0.05) is 6.08 Å². The molecule has 0 aromatic rings. The molecule has 0 spiro atoms. The Kier molecular flexibility index (Phi) is 4.18. The number of hydrogen-bond donors (Lipinski definition) is 0. The minimum Gasteiger partial charge on any atom is -0.545 e. The van der Waals surface area contributed by atoms with E-state index in [1.165, 1.54) is 5.57 Å². The molecule has 0 N–H and O–H groups in total. The lowest BCUT2D eigenvalue weighted by atomic mass is 9.90. The first-order valence-electron chi connectivity index (χ1n) is 7.09. The summed E-state index contributed by atoms with van der Waals surface area (Å²) in [6.07, 6.45) is 6.34. The lowest BCUT2D eigenvalue weighted by Crippen LogP contribution is -2.25. The molecule has 1 atom stereocenters. The molecule has 0 bridgehead atoms. The van der Waals surface area contributed by atoms with Gasteiger partial charge in [0.25, 0.3) is 0 Å². The largest absolute Gasteiger partial charge is 0.545 e. The number of ether oxygens (including phenoxy) is 1. The zero-order chi connectivity index (χ0) is 14.0. The minimum absolute atomic E-state index is 0.272. The molecule has 2 aliphatic rings. The monoisotopic (exact) mass is 280 g/mol. The maximum Gasteiger partial charge on any atom is 0.241 e. The Hall–Kier alpha value is -1.03. The summed E-state index contributed by atoms with van der Waals surface area (Å²) in [5.74, 6) is 2.50. The van der Waals surface area contributed by atoms with Crippen LogP contribution in [0.2, 0.25) is 19.6 Å². The Balaban J connectivity index is 2.27. The molecule has 0 aromatic carbocycles. The highest BCUT2D eigenvalue weighted by Gasteiger charge is 2.35. The zero-order valence-corrected chi connectivity index (χ0v) is 13.4. The predicted molar refractivity (Wildman–Crippen MR) is 78.1 cm³/mol. The number of methoxy groups -OCH3 is 1. The minimum atomic E-state index is -1.64. The third-order valence-corrected chi connectivity index (χ3v) is 4.38. The summed E-state index contributed by atoms with van der Waals surface area (Å²) >= 11 is 0. The van der Waals surface area contributed by atoms with Crippen LogP contribution in [-0.4, -0.2) is 21.2 Å². The van der Waals surface area contributed by atoms with E-state index in [1.807, 2.05) is 0 Å². The van der Waals surface area contributed by atoms with Crippen LogP contribution in [0, 0.1) is 5.92 Å². The van der Waals surface area contributed by atoms with Crippen molar-refractivity contribution in [3.05, 3.63) is 23.2 Å². The number of rotatable bonds is 3. The van der Waals surface area contributed by atoms with Gasteiger partial charge in [-0.2, -0.15) is 0 Å². The van der Waals surface area contributed by atoms with Crippen LogP contribution in [0.1, 0.15) is 32.1 Å². The highest BCUT2D eigenvalue weighted by molar-refractivity contribution is 6.70. The lowest BCUT2D eigenvalue weighted by molar-refractivity contribution is -0.119. The summed E-state index contributed by atoms with van der Waals surface area (Å²) in [6.45, 7) is 6.52. The van der Waals surface area contributed by atoms with E-state index in [9.17, 15) is 4.79 Å². The molecule has 1 unspecified atom stereocenters. The van der Waals surface area contributed by atoms with Gasteiger partial charge in [0, 0.05) is 25.2 Å². The molecule has 0 saturated heterocycles. The van der Waals surface area contributed by atoms with E-state index >= 15 is 0 Å². The average Bonchev–Trinajstić information content (AvgIpc) is 2.56. The summed E-state index contributed by atoms with van der Waals surface area (Å²) in [5.41, 5.74) is 1.20. The molecule has 3 nitrogen and oxygen atoms in total. The van der Waals surface area contributed by atoms with Gasteiger partial charge in [0.1, 0.15) is 11.5 Å². The second-order valence-electron chi connectivity index (χ2n) is 6.37. The molecule has 4 heteroatoms. The fourth-order valence-corrected chi connectivity index (χ4v) is 3.75. The molecule has 0 fully saturated rings. The summed E-state index contributed by atoms with van der Waals surface area (Å²) in [6, 6.07) is 0. The van der Waals surface area contributed by atoms with Crippen molar-refractivity contribution in [3.8, 4) is 0 Å². The molecule has 0 aliphatic heterocycles. The lowest BCUT2D eigenvalue weighted by Gasteiger charge is -2.21. The van der Waals surface area contributed by atoms with Crippen molar-refractivity contribution in [2.24, 2.45) is 5.92 Å². The Bertz CT molecular complexity index is 429. The first-order valence-corrected chi connectivity index (χ1v) is 10.5.